The van der Waals surface area contributed by atoms with Crippen molar-refractivity contribution in [3.63, 3.8) is 0 Å². The lowest BCUT2D eigenvalue weighted by Gasteiger charge is -2.33. The molecule has 4 heteroatoms. The lowest BCUT2D eigenvalue weighted by molar-refractivity contribution is 0.168. The monoisotopic (exact) mass is 244 g/mol. The van der Waals surface area contributed by atoms with Crippen LogP contribution in [0.4, 0.5) is 0 Å². The van der Waals surface area contributed by atoms with E-state index in [0.29, 0.717) is 12.0 Å². The summed E-state index contributed by atoms with van der Waals surface area (Å²) in [6, 6.07) is 0.579. The molecular formula is C12H24N2OS. The van der Waals surface area contributed by atoms with E-state index >= 15 is 0 Å². The average Bonchev–Trinajstić information content (AvgIpc) is 2.66. The molecule has 0 saturated carbocycles. The van der Waals surface area contributed by atoms with Crippen molar-refractivity contribution < 1.29 is 4.74 Å². The third kappa shape index (κ3) is 3.36. The minimum atomic E-state index is 0.579. The Morgan fingerprint density at radius 3 is 3.06 bits per heavy atom. The first-order chi connectivity index (χ1) is 7.79. The number of hydrogen-bond donors (Lipinski definition) is 1. The number of nitrogens with zero attached hydrogens (tertiary/aromatic N) is 1. The summed E-state index contributed by atoms with van der Waals surface area (Å²) in [6.07, 6.45) is 0. The second-order valence-corrected chi connectivity index (χ2v) is 6.45. The Bertz CT molecular complexity index is 215. The zero-order valence-corrected chi connectivity index (χ0v) is 11.3. The highest BCUT2D eigenvalue weighted by Gasteiger charge is 2.30. The molecule has 3 nitrogen and oxygen atoms in total. The summed E-state index contributed by atoms with van der Waals surface area (Å²) in [7, 11) is 0. The van der Waals surface area contributed by atoms with Crippen molar-refractivity contribution in [1.82, 2.24) is 10.2 Å². The van der Waals surface area contributed by atoms with Gasteiger partial charge in [-0.2, -0.15) is 11.8 Å². The number of rotatable bonds is 4. The van der Waals surface area contributed by atoms with Crippen molar-refractivity contribution in [1.29, 1.82) is 0 Å². The average molecular weight is 244 g/mol. The van der Waals surface area contributed by atoms with Crippen molar-refractivity contribution in [2.45, 2.75) is 25.1 Å². The van der Waals surface area contributed by atoms with Crippen LogP contribution in [-0.2, 0) is 4.74 Å². The summed E-state index contributed by atoms with van der Waals surface area (Å²) < 4.78 is 5.60. The highest BCUT2D eigenvalue weighted by molar-refractivity contribution is 7.99. The first-order valence-corrected chi connectivity index (χ1v) is 7.49. The van der Waals surface area contributed by atoms with Gasteiger partial charge >= 0.3 is 0 Å². The van der Waals surface area contributed by atoms with Crippen LogP contribution in [0.1, 0.15) is 13.8 Å². The summed E-state index contributed by atoms with van der Waals surface area (Å²) in [5, 5.41) is 4.34. The van der Waals surface area contributed by atoms with E-state index < -0.39 is 0 Å². The first-order valence-electron chi connectivity index (χ1n) is 6.44. The fourth-order valence-electron chi connectivity index (χ4n) is 2.65. The Labute approximate surface area is 103 Å². The molecule has 2 saturated heterocycles. The number of ether oxygens (including phenoxy) is 1. The zero-order chi connectivity index (χ0) is 11.4. The highest BCUT2D eigenvalue weighted by Crippen LogP contribution is 2.21. The minimum Gasteiger partial charge on any atom is -0.379 e. The lowest BCUT2D eigenvalue weighted by atomic mass is 10.0. The van der Waals surface area contributed by atoms with E-state index in [2.05, 4.69) is 35.8 Å². The molecule has 0 spiro atoms. The summed E-state index contributed by atoms with van der Waals surface area (Å²) >= 11 is 2.10. The number of likely N-dealkylation sites (N-methyl/N-ethyl adjacent to an activating group) is 1. The van der Waals surface area contributed by atoms with Crippen molar-refractivity contribution in [2.75, 3.05) is 45.1 Å². The Hall–Kier alpha value is 0.230. The molecular weight excluding hydrogens is 220 g/mol. The van der Waals surface area contributed by atoms with E-state index in [1.807, 2.05) is 0 Å². The molecule has 16 heavy (non-hydrogen) atoms. The predicted molar refractivity (Wildman–Crippen MR) is 70.1 cm³/mol. The smallest absolute Gasteiger partial charge is 0.0623 e. The van der Waals surface area contributed by atoms with Gasteiger partial charge in [0.15, 0.2) is 0 Å². The molecule has 2 rings (SSSR count). The van der Waals surface area contributed by atoms with Crippen LogP contribution in [0.2, 0.25) is 0 Å². The van der Waals surface area contributed by atoms with Crippen LogP contribution in [0.3, 0.4) is 0 Å². The Balaban J connectivity index is 1.79. The van der Waals surface area contributed by atoms with E-state index in [1.54, 1.807) is 0 Å². The minimum absolute atomic E-state index is 0.579. The zero-order valence-electron chi connectivity index (χ0n) is 10.4. The second-order valence-electron chi connectivity index (χ2n) is 4.90. The molecule has 0 aromatic carbocycles. The van der Waals surface area contributed by atoms with Crippen LogP contribution in [0.5, 0.6) is 0 Å². The third-order valence-electron chi connectivity index (χ3n) is 3.48. The van der Waals surface area contributed by atoms with Gasteiger partial charge in [0.05, 0.1) is 13.2 Å². The van der Waals surface area contributed by atoms with Gasteiger partial charge in [0, 0.05) is 42.6 Å². The van der Waals surface area contributed by atoms with Crippen LogP contribution >= 0.6 is 11.8 Å². The van der Waals surface area contributed by atoms with E-state index in [-0.39, 0.29) is 0 Å². The fourth-order valence-corrected chi connectivity index (χ4v) is 3.74. The molecule has 3 atom stereocenters. The number of hydrogen-bond acceptors (Lipinski definition) is 4. The SMILES string of the molecule is CCNC1COCC1CN1CCSC(C)C1. The molecule has 94 valence electrons. The van der Waals surface area contributed by atoms with Crippen LogP contribution in [0.15, 0.2) is 0 Å². The van der Waals surface area contributed by atoms with Crippen LogP contribution in [-0.4, -0.2) is 61.3 Å². The highest BCUT2D eigenvalue weighted by atomic mass is 32.2. The molecule has 0 bridgehead atoms. The summed E-state index contributed by atoms with van der Waals surface area (Å²) in [5.41, 5.74) is 0. The van der Waals surface area contributed by atoms with Crippen LogP contribution in [0.25, 0.3) is 0 Å². The quantitative estimate of drug-likeness (QED) is 0.799. The van der Waals surface area contributed by atoms with Gasteiger partial charge in [-0.05, 0) is 6.54 Å². The largest absolute Gasteiger partial charge is 0.379 e. The molecule has 0 aliphatic carbocycles. The second kappa shape index (κ2) is 6.24. The van der Waals surface area contributed by atoms with E-state index in [0.717, 1.165) is 25.0 Å². The maximum absolute atomic E-state index is 5.60. The van der Waals surface area contributed by atoms with Crippen molar-refractivity contribution >= 4 is 11.8 Å². The summed E-state index contributed by atoms with van der Waals surface area (Å²) in [6.45, 7) is 11.1. The van der Waals surface area contributed by atoms with Gasteiger partial charge in [-0.15, -0.1) is 0 Å². The van der Waals surface area contributed by atoms with E-state index in [1.165, 1.54) is 25.4 Å². The standard InChI is InChI=1S/C12H24N2OS/c1-3-13-12-9-15-8-11(12)7-14-4-5-16-10(2)6-14/h10-13H,3-9H2,1-2H3. The molecule has 1 N–H and O–H groups in total. The van der Waals surface area contributed by atoms with Crippen molar-refractivity contribution in [3.8, 4) is 0 Å². The molecule has 0 amide bonds. The van der Waals surface area contributed by atoms with Crippen LogP contribution in [0, 0.1) is 5.92 Å². The van der Waals surface area contributed by atoms with Gasteiger partial charge < -0.3 is 15.0 Å². The Kier molecular flexibility index (Phi) is 4.95. The maximum atomic E-state index is 5.60. The molecule has 0 aromatic rings. The van der Waals surface area contributed by atoms with E-state index in [4.69, 9.17) is 4.74 Å². The normalized spacial score (nSPS) is 36.8. The van der Waals surface area contributed by atoms with Gasteiger partial charge in [-0.1, -0.05) is 13.8 Å². The molecule has 3 unspecified atom stereocenters. The topological polar surface area (TPSA) is 24.5 Å². The Morgan fingerprint density at radius 2 is 2.31 bits per heavy atom. The fraction of sp³-hybridized carbons (Fsp3) is 1.00. The van der Waals surface area contributed by atoms with Gasteiger partial charge in [0.25, 0.3) is 0 Å². The van der Waals surface area contributed by atoms with Gasteiger partial charge in [0.1, 0.15) is 0 Å². The van der Waals surface area contributed by atoms with Gasteiger partial charge in [-0.25, -0.2) is 0 Å². The van der Waals surface area contributed by atoms with Gasteiger partial charge in [-0.3, -0.25) is 0 Å². The lowest BCUT2D eigenvalue weighted by Crippen LogP contribution is -2.45. The summed E-state index contributed by atoms with van der Waals surface area (Å²) in [5.74, 6) is 1.98. The van der Waals surface area contributed by atoms with Crippen molar-refractivity contribution in [2.24, 2.45) is 5.92 Å². The summed E-state index contributed by atoms with van der Waals surface area (Å²) in [4.78, 5) is 2.62. The first kappa shape index (κ1) is 12.7. The molecule has 0 radical (unpaired) electrons. The molecule has 2 fully saturated rings. The van der Waals surface area contributed by atoms with Crippen LogP contribution < -0.4 is 5.32 Å². The number of nitrogens with one attached hydrogen (secondary N) is 1. The molecule has 2 heterocycles. The van der Waals surface area contributed by atoms with Gasteiger partial charge in [0.2, 0.25) is 0 Å². The van der Waals surface area contributed by atoms with Crippen molar-refractivity contribution in [3.05, 3.63) is 0 Å². The molecule has 0 aromatic heterocycles. The molecule has 2 aliphatic rings. The Morgan fingerprint density at radius 1 is 1.44 bits per heavy atom. The third-order valence-corrected chi connectivity index (χ3v) is 4.62. The molecule has 2 aliphatic heterocycles. The maximum Gasteiger partial charge on any atom is 0.0623 e. The number of thioether (sulfide) groups is 1. The predicted octanol–water partition coefficient (Wildman–Crippen LogP) is 1.05. The van der Waals surface area contributed by atoms with E-state index in [9.17, 15) is 0 Å².